The number of nitrogens with zero attached hydrogens (tertiary/aromatic N) is 4. The van der Waals surface area contributed by atoms with Gasteiger partial charge in [-0.15, -0.1) is 0 Å². The van der Waals surface area contributed by atoms with Crippen LogP contribution in [0.2, 0.25) is 0 Å². The second-order valence-electron chi connectivity index (χ2n) is 9.23. The number of hydrogen-bond acceptors (Lipinski definition) is 8. The lowest BCUT2D eigenvalue weighted by Gasteiger charge is -2.43. The van der Waals surface area contributed by atoms with Crippen LogP contribution in [0.15, 0.2) is 24.4 Å². The summed E-state index contributed by atoms with van der Waals surface area (Å²) < 4.78 is 5.72. The fourth-order valence-electron chi connectivity index (χ4n) is 4.95. The molecular formula is C26H36N6O4. The van der Waals surface area contributed by atoms with Crippen LogP contribution in [-0.4, -0.2) is 65.8 Å². The van der Waals surface area contributed by atoms with Crippen LogP contribution in [0.3, 0.4) is 0 Å². The Morgan fingerprint density at radius 1 is 1.25 bits per heavy atom. The third-order valence-corrected chi connectivity index (χ3v) is 6.79. The number of amides is 2. The first-order chi connectivity index (χ1) is 17.5. The highest BCUT2D eigenvalue weighted by Gasteiger charge is 2.41. The summed E-state index contributed by atoms with van der Waals surface area (Å²) in [5.74, 6) is 1.42. The summed E-state index contributed by atoms with van der Waals surface area (Å²) in [5, 5.41) is 15.4. The van der Waals surface area contributed by atoms with E-state index in [0.717, 1.165) is 37.9 Å². The van der Waals surface area contributed by atoms with Crippen LogP contribution in [0.5, 0.6) is 5.75 Å². The van der Waals surface area contributed by atoms with Crippen LogP contribution < -0.4 is 25.2 Å². The molecule has 36 heavy (non-hydrogen) atoms. The fourth-order valence-corrected chi connectivity index (χ4v) is 4.95. The molecule has 194 valence electrons. The largest absolute Gasteiger partial charge is 0.489 e. The van der Waals surface area contributed by atoms with Gasteiger partial charge in [0.15, 0.2) is 5.82 Å². The Kier molecular flexibility index (Phi) is 8.25. The van der Waals surface area contributed by atoms with Gasteiger partial charge in [0, 0.05) is 25.2 Å². The maximum absolute atomic E-state index is 13.1. The Morgan fingerprint density at radius 2 is 2.03 bits per heavy atom. The third-order valence-electron chi connectivity index (χ3n) is 6.79. The molecular weight excluding hydrogens is 460 g/mol. The highest BCUT2D eigenvalue weighted by atomic mass is 16.5. The first-order valence-corrected chi connectivity index (χ1v) is 12.8. The topological polar surface area (TPSA) is 120 Å². The molecule has 2 aromatic rings. The van der Waals surface area contributed by atoms with Crippen molar-refractivity contribution < 1.29 is 19.4 Å². The van der Waals surface area contributed by atoms with E-state index in [9.17, 15) is 14.7 Å². The van der Waals surface area contributed by atoms with Crippen molar-refractivity contribution in [1.82, 2.24) is 15.3 Å². The first kappa shape index (κ1) is 25.7. The smallest absolute Gasteiger partial charge is 0.251 e. The van der Waals surface area contributed by atoms with Gasteiger partial charge in [-0.05, 0) is 43.9 Å². The molecule has 10 nitrogen and oxygen atoms in total. The summed E-state index contributed by atoms with van der Waals surface area (Å²) in [7, 11) is 1.77. The van der Waals surface area contributed by atoms with Gasteiger partial charge in [-0.2, -0.15) is 4.98 Å². The van der Waals surface area contributed by atoms with E-state index in [-0.39, 0.29) is 37.1 Å². The SMILES string of the molecule is CCCNC(=O)c1ccc(Nc2ncc3c(n2)N(C2CCCC2)[C@H](CC)C(=O)N3C)c(OCCO)c1. The number of carbonyl (C=O) groups is 2. The zero-order chi connectivity index (χ0) is 25.7. The van der Waals surface area contributed by atoms with Crippen LogP contribution >= 0.6 is 0 Å². The molecule has 1 aliphatic heterocycles. The molecule has 0 bridgehead atoms. The van der Waals surface area contributed by atoms with E-state index in [1.807, 2.05) is 13.8 Å². The standard InChI is InChI=1S/C26H36N6O4/c1-4-12-27-24(34)17-10-11-19(22(15-17)36-14-13-33)29-26-28-16-21-23(30-26)32(18-8-6-7-9-18)20(5-2)25(35)31(21)3/h10-11,15-16,18,20,33H,4-9,12-14H2,1-3H3,(H,27,34)(H,28,29,30)/t20-/m1/s1. The van der Waals surface area contributed by atoms with E-state index in [2.05, 4.69) is 20.5 Å². The van der Waals surface area contributed by atoms with Gasteiger partial charge in [0.05, 0.1) is 18.5 Å². The first-order valence-electron chi connectivity index (χ1n) is 12.8. The van der Waals surface area contributed by atoms with Gasteiger partial charge in [-0.25, -0.2) is 4.98 Å². The number of nitrogens with one attached hydrogen (secondary N) is 2. The number of hydrogen-bond donors (Lipinski definition) is 3. The number of aliphatic hydroxyl groups excluding tert-OH is 1. The number of fused-ring (bicyclic) bond motifs is 1. The molecule has 4 rings (SSSR count). The Bertz CT molecular complexity index is 1090. The van der Waals surface area contributed by atoms with Gasteiger partial charge < -0.3 is 30.3 Å². The van der Waals surface area contributed by atoms with E-state index in [4.69, 9.17) is 9.72 Å². The highest BCUT2D eigenvalue weighted by Crippen LogP contribution is 2.40. The predicted octanol–water partition coefficient (Wildman–Crippen LogP) is 3.24. The Hall–Kier alpha value is -3.40. The number of anilines is 4. The van der Waals surface area contributed by atoms with Crippen LogP contribution in [0.4, 0.5) is 23.1 Å². The number of aromatic nitrogens is 2. The Morgan fingerprint density at radius 3 is 2.72 bits per heavy atom. The monoisotopic (exact) mass is 496 g/mol. The molecule has 1 atom stereocenters. The lowest BCUT2D eigenvalue weighted by atomic mass is 10.0. The van der Waals surface area contributed by atoms with Gasteiger partial charge in [0.1, 0.15) is 24.1 Å². The maximum Gasteiger partial charge on any atom is 0.251 e. The number of carbonyl (C=O) groups excluding carboxylic acids is 2. The maximum atomic E-state index is 13.1. The molecule has 1 aromatic heterocycles. The molecule has 1 fully saturated rings. The average Bonchev–Trinajstić information content (AvgIpc) is 3.43. The van der Waals surface area contributed by atoms with Crippen LogP contribution in [0.1, 0.15) is 62.7 Å². The van der Waals surface area contributed by atoms with Crippen LogP contribution in [0.25, 0.3) is 0 Å². The molecule has 2 heterocycles. The van der Waals surface area contributed by atoms with Gasteiger partial charge in [-0.3, -0.25) is 9.59 Å². The summed E-state index contributed by atoms with van der Waals surface area (Å²) >= 11 is 0. The molecule has 2 aliphatic rings. The lowest BCUT2D eigenvalue weighted by molar-refractivity contribution is -0.120. The number of likely N-dealkylation sites (N-methyl/N-ethyl adjacent to an activating group) is 1. The number of ether oxygens (including phenoxy) is 1. The molecule has 0 spiro atoms. The van der Waals surface area contributed by atoms with Crippen LogP contribution in [0, 0.1) is 0 Å². The molecule has 3 N–H and O–H groups in total. The summed E-state index contributed by atoms with van der Waals surface area (Å²) in [6.07, 6.45) is 7.60. The van der Waals surface area contributed by atoms with E-state index in [0.29, 0.717) is 41.6 Å². The predicted molar refractivity (Wildman–Crippen MR) is 139 cm³/mol. The minimum absolute atomic E-state index is 0.0674. The number of aliphatic hydroxyl groups is 1. The summed E-state index contributed by atoms with van der Waals surface area (Å²) in [4.78, 5) is 38.7. The minimum Gasteiger partial charge on any atom is -0.489 e. The second-order valence-corrected chi connectivity index (χ2v) is 9.23. The average molecular weight is 497 g/mol. The lowest BCUT2D eigenvalue weighted by Crippen LogP contribution is -2.55. The van der Waals surface area contributed by atoms with E-state index < -0.39 is 0 Å². The van der Waals surface area contributed by atoms with Crippen molar-refractivity contribution in [2.75, 3.05) is 41.9 Å². The normalized spacial score (nSPS) is 17.8. The van der Waals surface area contributed by atoms with E-state index in [1.165, 1.54) is 0 Å². The Balaban J connectivity index is 1.66. The molecule has 10 heteroatoms. The van der Waals surface area contributed by atoms with Crippen molar-refractivity contribution in [2.24, 2.45) is 0 Å². The van der Waals surface area contributed by atoms with Gasteiger partial charge in [0.2, 0.25) is 11.9 Å². The molecule has 1 aromatic carbocycles. The van der Waals surface area contributed by atoms with Crippen molar-refractivity contribution >= 4 is 35.0 Å². The number of benzene rings is 1. The molecule has 0 radical (unpaired) electrons. The zero-order valence-corrected chi connectivity index (χ0v) is 21.3. The van der Waals surface area contributed by atoms with Gasteiger partial charge >= 0.3 is 0 Å². The zero-order valence-electron chi connectivity index (χ0n) is 21.3. The van der Waals surface area contributed by atoms with E-state index in [1.54, 1.807) is 36.3 Å². The molecule has 1 aliphatic carbocycles. The molecule has 0 unspecified atom stereocenters. The Labute approximate surface area is 212 Å². The molecule has 2 amide bonds. The highest BCUT2D eigenvalue weighted by molar-refractivity contribution is 6.04. The second kappa shape index (κ2) is 11.6. The van der Waals surface area contributed by atoms with Crippen LogP contribution in [-0.2, 0) is 4.79 Å². The van der Waals surface area contributed by atoms with Crippen molar-refractivity contribution in [2.45, 2.75) is 64.5 Å². The van der Waals surface area contributed by atoms with Gasteiger partial charge in [0.25, 0.3) is 5.91 Å². The molecule has 1 saturated carbocycles. The minimum atomic E-state index is -0.252. The quantitative estimate of drug-likeness (QED) is 0.459. The summed E-state index contributed by atoms with van der Waals surface area (Å²) in [6.45, 7) is 4.54. The van der Waals surface area contributed by atoms with Gasteiger partial charge in [-0.1, -0.05) is 26.7 Å². The van der Waals surface area contributed by atoms with Crippen molar-refractivity contribution in [3.8, 4) is 5.75 Å². The number of rotatable bonds is 10. The van der Waals surface area contributed by atoms with Crippen molar-refractivity contribution in [3.05, 3.63) is 30.0 Å². The fraction of sp³-hybridized carbons (Fsp3) is 0.538. The van der Waals surface area contributed by atoms with Crippen molar-refractivity contribution in [3.63, 3.8) is 0 Å². The van der Waals surface area contributed by atoms with Crippen molar-refractivity contribution in [1.29, 1.82) is 0 Å². The van der Waals surface area contributed by atoms with E-state index >= 15 is 0 Å². The molecule has 0 saturated heterocycles. The third kappa shape index (κ3) is 5.23. The summed E-state index contributed by atoms with van der Waals surface area (Å²) in [6, 6.07) is 5.12. The summed E-state index contributed by atoms with van der Waals surface area (Å²) in [5.41, 5.74) is 1.74.